The van der Waals surface area contributed by atoms with Crippen LogP contribution < -0.4 is 4.74 Å². The third-order valence-corrected chi connectivity index (χ3v) is 6.39. The van der Waals surface area contributed by atoms with Crippen LogP contribution in [0.3, 0.4) is 0 Å². The molecule has 4 aromatic rings. The third kappa shape index (κ3) is 5.62. The van der Waals surface area contributed by atoms with E-state index in [1.54, 1.807) is 25.1 Å². The minimum absolute atomic E-state index is 0.214. The van der Waals surface area contributed by atoms with Crippen molar-refractivity contribution in [1.82, 2.24) is 9.55 Å². The molecule has 0 aliphatic heterocycles. The van der Waals surface area contributed by atoms with Gasteiger partial charge in [0.05, 0.1) is 42.4 Å². The van der Waals surface area contributed by atoms with Crippen LogP contribution in [-0.2, 0) is 23.2 Å². The number of esters is 1. The summed E-state index contributed by atoms with van der Waals surface area (Å²) in [6, 6.07) is 19.0. The summed E-state index contributed by atoms with van der Waals surface area (Å²) in [5.74, 6) is -0.371. The van der Waals surface area contributed by atoms with Crippen LogP contribution >= 0.6 is 11.8 Å². The van der Waals surface area contributed by atoms with Crippen molar-refractivity contribution in [3.63, 3.8) is 0 Å². The monoisotopic (exact) mass is 500 g/mol. The molecule has 182 valence electrons. The summed E-state index contributed by atoms with van der Waals surface area (Å²) < 4.78 is 52.3. The van der Waals surface area contributed by atoms with Crippen molar-refractivity contribution in [3.05, 3.63) is 89.0 Å². The molecule has 0 N–H and O–H groups in total. The van der Waals surface area contributed by atoms with E-state index >= 15 is 0 Å². The zero-order valence-electron chi connectivity index (χ0n) is 19.1. The molecule has 0 saturated carbocycles. The summed E-state index contributed by atoms with van der Waals surface area (Å²) in [6.07, 6.45) is -4.52. The second kappa shape index (κ2) is 10.4. The van der Waals surface area contributed by atoms with E-state index in [2.05, 4.69) is 0 Å². The third-order valence-electron chi connectivity index (χ3n) is 5.35. The number of halogens is 3. The molecule has 0 spiro atoms. The zero-order valence-corrected chi connectivity index (χ0v) is 19.9. The molecule has 0 amide bonds. The molecule has 0 radical (unpaired) electrons. The van der Waals surface area contributed by atoms with E-state index in [-0.39, 0.29) is 18.1 Å². The standard InChI is InChI=1S/C26H23F3N2O3S/c1-3-34-24(32)19-10-11-22-21(14-19)30-25(31(22)15-17-7-5-4-6-8-17)35-16-18-9-12-23(33-2)20(13-18)26(27,28)29/h4-14H,3,15-16H2,1-2H3. The highest BCUT2D eigenvalue weighted by Gasteiger charge is 2.34. The van der Waals surface area contributed by atoms with E-state index in [0.29, 0.717) is 28.3 Å². The first-order chi connectivity index (χ1) is 16.8. The molecule has 0 fully saturated rings. The van der Waals surface area contributed by atoms with Crippen molar-refractivity contribution in [1.29, 1.82) is 0 Å². The number of hydrogen-bond acceptors (Lipinski definition) is 5. The molecule has 3 aromatic carbocycles. The number of aromatic nitrogens is 2. The molecule has 0 unspecified atom stereocenters. The van der Waals surface area contributed by atoms with Gasteiger partial charge in [0.2, 0.25) is 0 Å². The Morgan fingerprint density at radius 3 is 2.49 bits per heavy atom. The summed E-state index contributed by atoms with van der Waals surface area (Å²) in [5.41, 5.74) is 2.55. The minimum Gasteiger partial charge on any atom is -0.496 e. The maximum absolute atomic E-state index is 13.4. The van der Waals surface area contributed by atoms with E-state index in [1.807, 2.05) is 41.0 Å². The first-order valence-corrected chi connectivity index (χ1v) is 11.9. The van der Waals surface area contributed by atoms with Gasteiger partial charge in [0, 0.05) is 5.75 Å². The average molecular weight is 501 g/mol. The van der Waals surface area contributed by atoms with E-state index < -0.39 is 17.7 Å². The van der Waals surface area contributed by atoms with Gasteiger partial charge >= 0.3 is 12.1 Å². The normalized spacial score (nSPS) is 11.6. The Kier molecular flexibility index (Phi) is 7.35. The largest absolute Gasteiger partial charge is 0.496 e. The van der Waals surface area contributed by atoms with Crippen molar-refractivity contribution < 1.29 is 27.4 Å². The quantitative estimate of drug-likeness (QED) is 0.202. The summed E-state index contributed by atoms with van der Waals surface area (Å²) in [6.45, 7) is 2.53. The Morgan fingerprint density at radius 1 is 1.03 bits per heavy atom. The SMILES string of the molecule is CCOC(=O)c1ccc2c(c1)nc(SCc1ccc(OC)c(C(F)(F)F)c1)n2Cc1ccccc1. The number of imidazole rings is 1. The van der Waals surface area contributed by atoms with E-state index in [4.69, 9.17) is 14.5 Å². The number of nitrogens with zero attached hydrogens (tertiary/aromatic N) is 2. The molecule has 0 aliphatic rings. The summed E-state index contributed by atoms with van der Waals surface area (Å²) >= 11 is 1.33. The van der Waals surface area contributed by atoms with Crippen LogP contribution in [0.25, 0.3) is 11.0 Å². The average Bonchev–Trinajstić information content (AvgIpc) is 3.19. The topological polar surface area (TPSA) is 53.4 Å². The van der Waals surface area contributed by atoms with Gasteiger partial charge < -0.3 is 14.0 Å². The number of hydrogen-bond donors (Lipinski definition) is 0. The van der Waals surface area contributed by atoms with Gasteiger partial charge in [-0.15, -0.1) is 0 Å². The van der Waals surface area contributed by atoms with Gasteiger partial charge in [-0.1, -0.05) is 48.2 Å². The molecule has 35 heavy (non-hydrogen) atoms. The van der Waals surface area contributed by atoms with Crippen LogP contribution in [0.5, 0.6) is 5.75 Å². The lowest BCUT2D eigenvalue weighted by Crippen LogP contribution is -2.08. The Bertz CT molecular complexity index is 1340. The molecule has 0 aliphatic carbocycles. The van der Waals surface area contributed by atoms with E-state index in [0.717, 1.165) is 17.1 Å². The molecule has 0 atom stereocenters. The Balaban J connectivity index is 1.69. The molecule has 5 nitrogen and oxygen atoms in total. The summed E-state index contributed by atoms with van der Waals surface area (Å²) in [4.78, 5) is 16.9. The Labute approximate surface area is 204 Å². The lowest BCUT2D eigenvalue weighted by molar-refractivity contribution is -0.138. The number of ether oxygens (including phenoxy) is 2. The van der Waals surface area contributed by atoms with Crippen LogP contribution in [0, 0.1) is 0 Å². The summed E-state index contributed by atoms with van der Waals surface area (Å²) in [5, 5.41) is 0.634. The molecule has 0 bridgehead atoms. The Morgan fingerprint density at radius 2 is 1.80 bits per heavy atom. The van der Waals surface area contributed by atoms with E-state index in [1.165, 1.54) is 24.9 Å². The fourth-order valence-electron chi connectivity index (χ4n) is 3.69. The van der Waals surface area contributed by atoms with Gasteiger partial charge in [-0.2, -0.15) is 13.2 Å². The lowest BCUT2D eigenvalue weighted by atomic mass is 10.1. The highest BCUT2D eigenvalue weighted by atomic mass is 32.2. The molecule has 4 rings (SSSR count). The van der Waals surface area contributed by atoms with Crippen LogP contribution in [0.1, 0.15) is 34.0 Å². The first kappa shape index (κ1) is 24.7. The number of carbonyl (C=O) groups is 1. The predicted molar refractivity (Wildman–Crippen MR) is 129 cm³/mol. The zero-order chi connectivity index (χ0) is 25.0. The molecule has 9 heteroatoms. The molecule has 1 aromatic heterocycles. The number of alkyl halides is 3. The number of rotatable bonds is 8. The van der Waals surface area contributed by atoms with Gasteiger partial charge in [0.15, 0.2) is 5.16 Å². The van der Waals surface area contributed by atoms with Crippen molar-refractivity contribution in [2.75, 3.05) is 13.7 Å². The molecule has 0 saturated heterocycles. The predicted octanol–water partition coefficient (Wildman–Crippen LogP) is 6.58. The number of methoxy groups -OCH3 is 1. The maximum Gasteiger partial charge on any atom is 0.419 e. The molecular formula is C26H23F3N2O3S. The van der Waals surface area contributed by atoms with Crippen LogP contribution in [0.2, 0.25) is 0 Å². The highest BCUT2D eigenvalue weighted by molar-refractivity contribution is 7.98. The number of carbonyl (C=O) groups excluding carboxylic acids is 1. The van der Waals surface area contributed by atoms with Crippen molar-refractivity contribution >= 4 is 28.8 Å². The number of benzene rings is 3. The first-order valence-electron chi connectivity index (χ1n) is 10.9. The second-order valence-corrected chi connectivity index (χ2v) is 8.65. The lowest BCUT2D eigenvalue weighted by Gasteiger charge is -2.14. The van der Waals surface area contributed by atoms with Crippen molar-refractivity contribution in [3.8, 4) is 5.75 Å². The molecular weight excluding hydrogens is 477 g/mol. The van der Waals surface area contributed by atoms with Gasteiger partial charge in [0.1, 0.15) is 5.75 Å². The van der Waals surface area contributed by atoms with Crippen LogP contribution in [-0.4, -0.2) is 29.2 Å². The highest BCUT2D eigenvalue weighted by Crippen LogP contribution is 2.38. The van der Waals surface area contributed by atoms with Crippen LogP contribution in [0.15, 0.2) is 71.9 Å². The maximum atomic E-state index is 13.4. The van der Waals surface area contributed by atoms with Gasteiger partial charge in [-0.25, -0.2) is 9.78 Å². The summed E-state index contributed by atoms with van der Waals surface area (Å²) in [7, 11) is 1.22. The number of thioether (sulfide) groups is 1. The van der Waals surface area contributed by atoms with Crippen LogP contribution in [0.4, 0.5) is 13.2 Å². The Hall–Kier alpha value is -3.46. The van der Waals surface area contributed by atoms with Gasteiger partial charge in [-0.05, 0) is 48.4 Å². The second-order valence-electron chi connectivity index (χ2n) is 7.71. The van der Waals surface area contributed by atoms with E-state index in [9.17, 15) is 18.0 Å². The van der Waals surface area contributed by atoms with Crippen molar-refractivity contribution in [2.45, 2.75) is 30.6 Å². The fraction of sp³-hybridized carbons (Fsp3) is 0.231. The fourth-order valence-corrected chi connectivity index (χ4v) is 4.65. The molecule has 1 heterocycles. The minimum atomic E-state index is -4.52. The smallest absolute Gasteiger partial charge is 0.419 e. The van der Waals surface area contributed by atoms with Gasteiger partial charge in [-0.3, -0.25) is 0 Å². The van der Waals surface area contributed by atoms with Gasteiger partial charge in [0.25, 0.3) is 0 Å². The number of fused-ring (bicyclic) bond motifs is 1. The van der Waals surface area contributed by atoms with Crippen molar-refractivity contribution in [2.24, 2.45) is 0 Å².